The molecule has 1 unspecified atom stereocenters. The quantitative estimate of drug-likeness (QED) is 0.841. The summed E-state index contributed by atoms with van der Waals surface area (Å²) in [5.74, 6) is 0. The smallest absolute Gasteiger partial charge is 0.0975 e. The Kier molecular flexibility index (Phi) is 3.62. The van der Waals surface area contributed by atoms with Gasteiger partial charge in [-0.05, 0) is 30.4 Å². The Hall–Kier alpha value is -1.61. The summed E-state index contributed by atoms with van der Waals surface area (Å²) in [6.45, 7) is 5.82. The van der Waals surface area contributed by atoms with Crippen LogP contribution in [-0.4, -0.2) is 17.4 Å². The average Bonchev–Trinajstić information content (AvgIpc) is 2.82. The van der Waals surface area contributed by atoms with Gasteiger partial charge in [-0.2, -0.15) is 0 Å². The van der Waals surface area contributed by atoms with Crippen LogP contribution in [-0.2, 0) is 24.1 Å². The highest BCUT2D eigenvalue weighted by Crippen LogP contribution is 2.38. The standard InChI is InChI=1S/C17H22N2O/c1-3-12-6-5-7-13-14-8-11-20-15(4-2)17(14)19(10-9-18)16(12)13/h5-7,9,15,18H,3-4,8,10-11H2,1-2H3. The Morgan fingerprint density at radius 1 is 1.40 bits per heavy atom. The predicted molar refractivity (Wildman–Crippen MR) is 82.8 cm³/mol. The zero-order valence-corrected chi connectivity index (χ0v) is 12.3. The monoisotopic (exact) mass is 270 g/mol. The Morgan fingerprint density at radius 2 is 2.25 bits per heavy atom. The van der Waals surface area contributed by atoms with Gasteiger partial charge in [0, 0.05) is 11.6 Å². The molecule has 1 aromatic carbocycles. The first-order chi connectivity index (χ1) is 9.81. The van der Waals surface area contributed by atoms with E-state index in [4.69, 9.17) is 10.1 Å². The lowest BCUT2D eigenvalue weighted by atomic mass is 10.00. The van der Waals surface area contributed by atoms with E-state index in [2.05, 4.69) is 36.6 Å². The lowest BCUT2D eigenvalue weighted by Gasteiger charge is -2.25. The van der Waals surface area contributed by atoms with E-state index in [9.17, 15) is 0 Å². The summed E-state index contributed by atoms with van der Waals surface area (Å²) < 4.78 is 8.26. The van der Waals surface area contributed by atoms with Gasteiger partial charge in [0.25, 0.3) is 0 Å². The summed E-state index contributed by atoms with van der Waals surface area (Å²) in [6, 6.07) is 6.59. The first-order valence-electron chi connectivity index (χ1n) is 7.55. The summed E-state index contributed by atoms with van der Waals surface area (Å²) in [6.07, 6.45) is 4.67. The van der Waals surface area contributed by atoms with Crippen molar-refractivity contribution in [3.8, 4) is 0 Å². The first kappa shape index (κ1) is 13.4. The minimum absolute atomic E-state index is 0.177. The molecule has 3 rings (SSSR count). The number of para-hydroxylation sites is 1. The van der Waals surface area contributed by atoms with Gasteiger partial charge in [-0.1, -0.05) is 32.0 Å². The van der Waals surface area contributed by atoms with Crippen molar-refractivity contribution in [1.29, 1.82) is 5.41 Å². The van der Waals surface area contributed by atoms with Gasteiger partial charge >= 0.3 is 0 Å². The molecule has 1 aliphatic rings. The van der Waals surface area contributed by atoms with Gasteiger partial charge < -0.3 is 14.7 Å². The van der Waals surface area contributed by atoms with Crippen LogP contribution in [0.4, 0.5) is 0 Å². The van der Waals surface area contributed by atoms with E-state index >= 15 is 0 Å². The minimum Gasteiger partial charge on any atom is -0.372 e. The molecule has 1 atom stereocenters. The number of fused-ring (bicyclic) bond motifs is 3. The SMILES string of the molecule is CCc1cccc2c3c(n(CC=N)c12)C(CC)OCC3. The third-order valence-corrected chi connectivity index (χ3v) is 4.32. The summed E-state index contributed by atoms with van der Waals surface area (Å²) in [5, 5.41) is 8.90. The predicted octanol–water partition coefficient (Wildman–Crippen LogP) is 3.88. The van der Waals surface area contributed by atoms with E-state index < -0.39 is 0 Å². The van der Waals surface area contributed by atoms with Crippen molar-refractivity contribution in [1.82, 2.24) is 4.57 Å². The van der Waals surface area contributed by atoms with Crippen molar-refractivity contribution in [2.24, 2.45) is 0 Å². The molecule has 0 aliphatic carbocycles. The number of nitrogens with zero attached hydrogens (tertiary/aromatic N) is 1. The molecule has 1 N–H and O–H groups in total. The molecule has 1 aromatic heterocycles. The molecule has 0 amide bonds. The van der Waals surface area contributed by atoms with Crippen molar-refractivity contribution < 1.29 is 4.74 Å². The van der Waals surface area contributed by atoms with Crippen molar-refractivity contribution in [2.75, 3.05) is 6.61 Å². The van der Waals surface area contributed by atoms with Gasteiger partial charge in [0.2, 0.25) is 0 Å². The molecule has 3 heteroatoms. The molecule has 3 nitrogen and oxygen atoms in total. The van der Waals surface area contributed by atoms with E-state index in [0.717, 1.165) is 25.9 Å². The minimum atomic E-state index is 0.177. The van der Waals surface area contributed by atoms with E-state index in [1.165, 1.54) is 33.9 Å². The number of aromatic nitrogens is 1. The Labute approximate surface area is 120 Å². The fourth-order valence-corrected chi connectivity index (χ4v) is 3.47. The van der Waals surface area contributed by atoms with Crippen LogP contribution in [0.25, 0.3) is 10.9 Å². The molecule has 0 spiro atoms. The maximum Gasteiger partial charge on any atom is 0.0975 e. The summed E-state index contributed by atoms with van der Waals surface area (Å²) in [7, 11) is 0. The van der Waals surface area contributed by atoms with Gasteiger partial charge in [0.05, 0.1) is 30.5 Å². The van der Waals surface area contributed by atoms with E-state index in [-0.39, 0.29) is 6.10 Å². The Bertz CT molecular complexity index is 642. The van der Waals surface area contributed by atoms with Crippen molar-refractivity contribution in [3.05, 3.63) is 35.0 Å². The molecular weight excluding hydrogens is 248 g/mol. The first-order valence-corrected chi connectivity index (χ1v) is 7.55. The van der Waals surface area contributed by atoms with Crippen LogP contribution in [0.15, 0.2) is 18.2 Å². The third-order valence-electron chi connectivity index (χ3n) is 4.32. The summed E-state index contributed by atoms with van der Waals surface area (Å²) in [5.41, 5.74) is 5.43. The topological polar surface area (TPSA) is 38.0 Å². The zero-order chi connectivity index (χ0) is 14.1. The van der Waals surface area contributed by atoms with Gasteiger partial charge in [-0.15, -0.1) is 0 Å². The number of nitrogens with one attached hydrogen (secondary N) is 1. The van der Waals surface area contributed by atoms with Gasteiger partial charge in [0.15, 0.2) is 0 Å². The molecule has 0 saturated carbocycles. The number of ether oxygens (including phenoxy) is 1. The fourth-order valence-electron chi connectivity index (χ4n) is 3.47. The number of aryl methyl sites for hydroxylation is 1. The lowest BCUT2D eigenvalue weighted by Crippen LogP contribution is -2.19. The number of benzene rings is 1. The molecule has 2 heterocycles. The normalized spacial score (nSPS) is 18.2. The maximum atomic E-state index is 7.54. The lowest BCUT2D eigenvalue weighted by molar-refractivity contribution is 0.0351. The zero-order valence-electron chi connectivity index (χ0n) is 12.3. The van der Waals surface area contributed by atoms with Crippen molar-refractivity contribution >= 4 is 17.1 Å². The molecule has 1 aliphatic heterocycles. The summed E-state index contributed by atoms with van der Waals surface area (Å²) >= 11 is 0. The number of hydrogen-bond acceptors (Lipinski definition) is 2. The second-order valence-corrected chi connectivity index (χ2v) is 5.36. The molecule has 0 radical (unpaired) electrons. The number of rotatable bonds is 4. The summed E-state index contributed by atoms with van der Waals surface area (Å²) in [4.78, 5) is 0. The van der Waals surface area contributed by atoms with E-state index in [1.807, 2.05) is 0 Å². The second kappa shape index (κ2) is 5.41. The average molecular weight is 270 g/mol. The van der Waals surface area contributed by atoms with E-state index in [0.29, 0.717) is 6.54 Å². The van der Waals surface area contributed by atoms with Gasteiger partial charge in [0.1, 0.15) is 0 Å². The molecule has 106 valence electrons. The highest BCUT2D eigenvalue weighted by molar-refractivity contribution is 5.89. The number of hydrogen-bond donors (Lipinski definition) is 1. The molecule has 2 aromatic rings. The highest BCUT2D eigenvalue weighted by Gasteiger charge is 2.27. The third kappa shape index (κ3) is 1.88. The second-order valence-electron chi connectivity index (χ2n) is 5.36. The van der Waals surface area contributed by atoms with Crippen LogP contribution < -0.4 is 0 Å². The molecule has 0 fully saturated rings. The molecule has 20 heavy (non-hydrogen) atoms. The van der Waals surface area contributed by atoms with Crippen LogP contribution in [0.3, 0.4) is 0 Å². The largest absolute Gasteiger partial charge is 0.372 e. The highest BCUT2D eigenvalue weighted by atomic mass is 16.5. The van der Waals surface area contributed by atoms with Crippen LogP contribution in [0, 0.1) is 5.41 Å². The van der Waals surface area contributed by atoms with Gasteiger partial charge in [-0.25, -0.2) is 0 Å². The maximum absolute atomic E-state index is 7.54. The molecular formula is C17H22N2O. The van der Waals surface area contributed by atoms with Crippen LogP contribution in [0.1, 0.15) is 43.2 Å². The van der Waals surface area contributed by atoms with Crippen LogP contribution >= 0.6 is 0 Å². The van der Waals surface area contributed by atoms with E-state index in [1.54, 1.807) is 0 Å². The van der Waals surface area contributed by atoms with Crippen molar-refractivity contribution in [3.63, 3.8) is 0 Å². The Balaban J connectivity index is 2.36. The fraction of sp³-hybridized carbons (Fsp3) is 0.471. The Morgan fingerprint density at radius 3 is 2.95 bits per heavy atom. The molecule has 0 saturated heterocycles. The van der Waals surface area contributed by atoms with Crippen molar-refractivity contribution in [2.45, 2.75) is 45.8 Å². The van der Waals surface area contributed by atoms with Gasteiger partial charge in [-0.3, -0.25) is 0 Å². The van der Waals surface area contributed by atoms with Crippen LogP contribution in [0.5, 0.6) is 0 Å². The van der Waals surface area contributed by atoms with Crippen LogP contribution in [0.2, 0.25) is 0 Å². The molecule has 0 bridgehead atoms.